The minimum absolute atomic E-state index is 0.0596. The van der Waals surface area contributed by atoms with Gasteiger partial charge in [-0.05, 0) is 17.7 Å². The van der Waals surface area contributed by atoms with Gasteiger partial charge in [0.1, 0.15) is 23.1 Å². The second kappa shape index (κ2) is 10.3. The Balaban J connectivity index is 1.59. The largest absolute Gasteiger partial charge is 0.497 e. The van der Waals surface area contributed by atoms with Gasteiger partial charge >= 0.3 is 0 Å². The molecule has 0 aromatic heterocycles. The fraction of sp³-hybridized carbons (Fsp3) is 0.304. The van der Waals surface area contributed by atoms with Crippen LogP contribution in [0.3, 0.4) is 0 Å². The molecule has 7 nitrogen and oxygen atoms in total. The average Bonchev–Trinajstić information content (AvgIpc) is 2.80. The first kappa shape index (κ1) is 21.2. The van der Waals surface area contributed by atoms with E-state index in [1.165, 1.54) is 11.8 Å². The minimum Gasteiger partial charge on any atom is -0.497 e. The summed E-state index contributed by atoms with van der Waals surface area (Å²) in [5, 5.41) is 12.5. The van der Waals surface area contributed by atoms with E-state index in [9.17, 15) is 10.1 Å². The van der Waals surface area contributed by atoms with Gasteiger partial charge in [-0.1, -0.05) is 30.3 Å². The fourth-order valence-corrected chi connectivity index (χ4v) is 3.33. The molecule has 0 saturated carbocycles. The van der Waals surface area contributed by atoms with Gasteiger partial charge < -0.3 is 19.7 Å². The lowest BCUT2D eigenvalue weighted by Crippen LogP contribution is -2.48. The molecular formula is C23H26N4O3. The molecule has 1 aliphatic heterocycles. The van der Waals surface area contributed by atoms with Crippen molar-refractivity contribution in [3.05, 3.63) is 65.9 Å². The second-order valence-corrected chi connectivity index (χ2v) is 6.93. The van der Waals surface area contributed by atoms with Crippen molar-refractivity contribution in [2.24, 2.45) is 0 Å². The number of hydrogen-bond donors (Lipinski definition) is 1. The van der Waals surface area contributed by atoms with Crippen LogP contribution in [0.5, 0.6) is 11.5 Å². The number of ether oxygens (including phenoxy) is 2. The highest BCUT2D eigenvalue weighted by atomic mass is 16.5. The summed E-state index contributed by atoms with van der Waals surface area (Å²) in [6.07, 6.45) is 1.43. The molecule has 7 heteroatoms. The molecule has 0 unspecified atom stereocenters. The van der Waals surface area contributed by atoms with Crippen molar-refractivity contribution in [1.82, 2.24) is 9.80 Å². The molecular weight excluding hydrogens is 380 g/mol. The molecule has 3 rings (SSSR count). The number of piperazine rings is 1. The monoisotopic (exact) mass is 406 g/mol. The third kappa shape index (κ3) is 5.31. The van der Waals surface area contributed by atoms with Crippen LogP contribution < -0.4 is 14.8 Å². The van der Waals surface area contributed by atoms with Gasteiger partial charge in [-0.2, -0.15) is 5.26 Å². The maximum Gasteiger partial charge on any atom is 0.266 e. The zero-order valence-electron chi connectivity index (χ0n) is 17.3. The Hall–Kier alpha value is -3.50. The zero-order valence-corrected chi connectivity index (χ0v) is 17.3. The van der Waals surface area contributed by atoms with E-state index >= 15 is 0 Å². The summed E-state index contributed by atoms with van der Waals surface area (Å²) in [6.45, 7) is 3.61. The third-order valence-corrected chi connectivity index (χ3v) is 5.04. The highest BCUT2D eigenvalue weighted by Gasteiger charge is 2.23. The molecule has 1 fully saturated rings. The molecule has 1 aliphatic rings. The molecule has 0 aliphatic carbocycles. The van der Waals surface area contributed by atoms with E-state index in [2.05, 4.69) is 22.3 Å². The van der Waals surface area contributed by atoms with E-state index < -0.39 is 0 Å². The quantitative estimate of drug-likeness (QED) is 0.563. The van der Waals surface area contributed by atoms with Crippen molar-refractivity contribution in [1.29, 1.82) is 5.26 Å². The highest BCUT2D eigenvalue weighted by Crippen LogP contribution is 2.29. The fourth-order valence-electron chi connectivity index (χ4n) is 3.33. The molecule has 1 saturated heterocycles. The SMILES string of the molecule is COc1ccc(N/C=C(/C#N)C(=O)N2CCN(Cc3ccccc3)CC2)c(OC)c1. The smallest absolute Gasteiger partial charge is 0.266 e. The molecule has 1 N–H and O–H groups in total. The van der Waals surface area contributed by atoms with Gasteiger partial charge in [-0.25, -0.2) is 0 Å². The normalized spacial score (nSPS) is 14.7. The first-order valence-electron chi connectivity index (χ1n) is 9.79. The maximum absolute atomic E-state index is 12.8. The summed E-state index contributed by atoms with van der Waals surface area (Å²) in [6, 6.07) is 17.6. The first-order chi connectivity index (χ1) is 14.6. The number of carbonyl (C=O) groups is 1. The number of benzene rings is 2. The van der Waals surface area contributed by atoms with E-state index in [0.717, 1.165) is 19.6 Å². The lowest BCUT2D eigenvalue weighted by molar-refractivity contribution is -0.128. The van der Waals surface area contributed by atoms with Crippen molar-refractivity contribution in [3.8, 4) is 17.6 Å². The van der Waals surface area contributed by atoms with Crippen molar-refractivity contribution in [2.75, 3.05) is 45.7 Å². The van der Waals surface area contributed by atoms with Crippen LogP contribution in [0.25, 0.3) is 0 Å². The van der Waals surface area contributed by atoms with Gasteiger partial charge in [0.2, 0.25) is 0 Å². The Morgan fingerprint density at radius 2 is 1.83 bits per heavy atom. The molecule has 0 radical (unpaired) electrons. The van der Waals surface area contributed by atoms with Gasteiger partial charge in [0.25, 0.3) is 5.91 Å². The summed E-state index contributed by atoms with van der Waals surface area (Å²) < 4.78 is 10.5. The van der Waals surface area contributed by atoms with Gasteiger partial charge in [-0.15, -0.1) is 0 Å². The number of amides is 1. The molecule has 2 aromatic rings. The van der Waals surface area contributed by atoms with Crippen LogP contribution >= 0.6 is 0 Å². The Kier molecular flexibility index (Phi) is 7.30. The first-order valence-corrected chi connectivity index (χ1v) is 9.79. The average molecular weight is 406 g/mol. The van der Waals surface area contributed by atoms with Crippen LogP contribution in [-0.4, -0.2) is 56.1 Å². The van der Waals surface area contributed by atoms with Crippen molar-refractivity contribution >= 4 is 11.6 Å². The molecule has 1 amide bonds. The number of hydrogen-bond acceptors (Lipinski definition) is 6. The molecule has 0 bridgehead atoms. The number of methoxy groups -OCH3 is 2. The van der Waals surface area contributed by atoms with E-state index in [0.29, 0.717) is 30.3 Å². The number of nitrogens with one attached hydrogen (secondary N) is 1. The predicted molar refractivity (Wildman–Crippen MR) is 115 cm³/mol. The van der Waals surface area contributed by atoms with Gasteiger partial charge in [0, 0.05) is 45.0 Å². The summed E-state index contributed by atoms with van der Waals surface area (Å²) in [7, 11) is 3.13. The Labute approximate surface area is 177 Å². The Morgan fingerprint density at radius 1 is 1.10 bits per heavy atom. The molecule has 156 valence electrons. The summed E-state index contributed by atoms with van der Waals surface area (Å²) >= 11 is 0. The number of anilines is 1. The Bertz CT molecular complexity index is 929. The maximum atomic E-state index is 12.8. The minimum atomic E-state index is -0.267. The van der Waals surface area contributed by atoms with Crippen LogP contribution in [0.2, 0.25) is 0 Å². The summed E-state index contributed by atoms with van der Waals surface area (Å²) in [5.74, 6) is 0.952. The molecule has 1 heterocycles. The number of nitriles is 1. The van der Waals surface area contributed by atoms with E-state index in [1.807, 2.05) is 24.3 Å². The van der Waals surface area contributed by atoms with Crippen molar-refractivity contribution in [2.45, 2.75) is 6.54 Å². The van der Waals surface area contributed by atoms with Crippen molar-refractivity contribution in [3.63, 3.8) is 0 Å². The van der Waals surface area contributed by atoms with Crippen LogP contribution in [-0.2, 0) is 11.3 Å². The van der Waals surface area contributed by atoms with Crippen LogP contribution in [0.15, 0.2) is 60.3 Å². The molecule has 0 spiro atoms. The zero-order chi connectivity index (χ0) is 21.3. The second-order valence-electron chi connectivity index (χ2n) is 6.93. The molecule has 0 atom stereocenters. The van der Waals surface area contributed by atoms with Crippen molar-refractivity contribution < 1.29 is 14.3 Å². The van der Waals surface area contributed by atoms with Crippen LogP contribution in [0.1, 0.15) is 5.56 Å². The predicted octanol–water partition coefficient (Wildman–Crippen LogP) is 2.87. The lowest BCUT2D eigenvalue weighted by Gasteiger charge is -2.34. The van der Waals surface area contributed by atoms with E-state index in [-0.39, 0.29) is 11.5 Å². The standard InChI is InChI=1S/C23H26N4O3/c1-29-20-8-9-21(22(14-20)30-2)25-16-19(15-24)23(28)27-12-10-26(11-13-27)17-18-6-4-3-5-7-18/h3-9,14,16,25H,10-13,17H2,1-2H3/b19-16-. The number of rotatable bonds is 7. The highest BCUT2D eigenvalue weighted by molar-refractivity contribution is 5.97. The van der Waals surface area contributed by atoms with Crippen LogP contribution in [0, 0.1) is 11.3 Å². The van der Waals surface area contributed by atoms with Gasteiger partial charge in [-0.3, -0.25) is 9.69 Å². The summed E-state index contributed by atoms with van der Waals surface area (Å²) in [5.41, 5.74) is 1.96. The van der Waals surface area contributed by atoms with Crippen LogP contribution in [0.4, 0.5) is 5.69 Å². The third-order valence-electron chi connectivity index (χ3n) is 5.04. The van der Waals surface area contributed by atoms with Gasteiger partial charge in [0.15, 0.2) is 0 Å². The van der Waals surface area contributed by atoms with E-state index in [1.54, 1.807) is 37.3 Å². The molecule has 30 heavy (non-hydrogen) atoms. The van der Waals surface area contributed by atoms with E-state index in [4.69, 9.17) is 9.47 Å². The topological polar surface area (TPSA) is 77.8 Å². The Morgan fingerprint density at radius 3 is 2.47 bits per heavy atom. The number of nitrogens with zero attached hydrogens (tertiary/aromatic N) is 3. The number of carbonyl (C=O) groups excluding carboxylic acids is 1. The lowest BCUT2D eigenvalue weighted by atomic mass is 10.2. The molecule has 2 aromatic carbocycles. The summed E-state index contributed by atoms with van der Waals surface area (Å²) in [4.78, 5) is 16.8. The van der Waals surface area contributed by atoms with Gasteiger partial charge in [0.05, 0.1) is 19.9 Å².